The van der Waals surface area contributed by atoms with Gasteiger partial charge >= 0.3 is 0 Å². The summed E-state index contributed by atoms with van der Waals surface area (Å²) in [4.78, 5) is 69.7. The highest BCUT2D eigenvalue weighted by molar-refractivity contribution is 7.98. The molecule has 4 amide bonds. The summed E-state index contributed by atoms with van der Waals surface area (Å²) in [5, 5.41) is 13.2. The molecular formula is C45H83N5O7S. The van der Waals surface area contributed by atoms with Gasteiger partial charge in [-0.3, -0.25) is 28.9 Å². The van der Waals surface area contributed by atoms with E-state index in [1.807, 2.05) is 79.7 Å². The predicted molar refractivity (Wildman–Crippen MR) is 242 cm³/mol. The fourth-order valence-electron chi connectivity index (χ4n) is 7.75. The van der Waals surface area contributed by atoms with Crippen LogP contribution in [0.4, 0.5) is 0 Å². The molecule has 12 nitrogen and oxygen atoms in total. The smallest absolute Gasteiger partial charge is 0.290 e. The molecule has 3 N–H and O–H groups in total. The van der Waals surface area contributed by atoms with E-state index in [0.717, 1.165) is 37.1 Å². The maximum Gasteiger partial charge on any atom is 0.290 e. The number of nitrogens with one attached hydrogen (secondary N) is 2. The molecule has 0 aromatic rings. The highest BCUT2D eigenvalue weighted by Gasteiger charge is 2.42. The summed E-state index contributed by atoms with van der Waals surface area (Å²) in [6, 6.07) is -1.65. The summed E-state index contributed by atoms with van der Waals surface area (Å²) in [5.41, 5.74) is 1.01. The molecule has 3 unspecified atom stereocenters. The number of carboxylic acid groups (broad SMARTS) is 1. The zero-order chi connectivity index (χ0) is 45.3. The van der Waals surface area contributed by atoms with E-state index in [1.165, 1.54) is 0 Å². The zero-order valence-electron chi connectivity index (χ0n) is 38.9. The third-order valence-corrected chi connectivity index (χ3v) is 11.9. The van der Waals surface area contributed by atoms with Crippen LogP contribution in [0.2, 0.25) is 0 Å². The van der Waals surface area contributed by atoms with E-state index in [-0.39, 0.29) is 84.2 Å². The fraction of sp³-hybridized carbons (Fsp3) is 0.756. The van der Waals surface area contributed by atoms with Crippen molar-refractivity contribution in [1.82, 2.24) is 25.3 Å². The van der Waals surface area contributed by atoms with Crippen molar-refractivity contribution in [2.24, 2.45) is 29.6 Å². The van der Waals surface area contributed by atoms with Gasteiger partial charge < -0.3 is 30.3 Å². The van der Waals surface area contributed by atoms with Gasteiger partial charge in [-0.2, -0.15) is 11.8 Å². The lowest BCUT2D eigenvalue weighted by molar-refractivity contribution is -0.147. The number of hydrogen-bond acceptors (Lipinski definition) is 8. The van der Waals surface area contributed by atoms with Crippen LogP contribution in [0.15, 0.2) is 37.0 Å². The van der Waals surface area contributed by atoms with Crippen LogP contribution in [0.5, 0.6) is 0 Å². The molecule has 336 valence electrons. The van der Waals surface area contributed by atoms with Crippen LogP contribution in [0.25, 0.3) is 0 Å². The molecule has 0 saturated carbocycles. The zero-order valence-corrected chi connectivity index (χ0v) is 39.7. The fourth-order valence-corrected chi connectivity index (χ4v) is 8.22. The van der Waals surface area contributed by atoms with E-state index < -0.39 is 18.2 Å². The third kappa shape index (κ3) is 18.4. The number of likely N-dealkylation sites (tertiary alicyclic amines) is 1. The number of methoxy groups -OCH3 is 1. The molecule has 58 heavy (non-hydrogen) atoms. The lowest BCUT2D eigenvalue weighted by Crippen LogP contribution is -2.60. The minimum Gasteiger partial charge on any atom is -0.483 e. The number of rotatable bonds is 24. The monoisotopic (exact) mass is 838 g/mol. The van der Waals surface area contributed by atoms with Gasteiger partial charge in [-0.15, -0.1) is 0 Å². The minimum absolute atomic E-state index is 0.0215. The highest BCUT2D eigenvalue weighted by atomic mass is 32.2. The molecule has 0 bridgehead atoms. The first-order chi connectivity index (χ1) is 27.3. The minimum atomic E-state index is -0.733. The molecule has 0 aromatic carbocycles. The Labute approximate surface area is 357 Å². The quantitative estimate of drug-likeness (QED) is 0.0697. The molecule has 1 rings (SSSR count). The Kier molecular flexibility index (Phi) is 30.3. The average Bonchev–Trinajstić information content (AvgIpc) is 3.68. The molecule has 1 fully saturated rings. The molecule has 0 aromatic heterocycles. The Morgan fingerprint density at radius 2 is 1.55 bits per heavy atom. The molecule has 1 heterocycles. The van der Waals surface area contributed by atoms with Crippen molar-refractivity contribution in [3.8, 4) is 0 Å². The molecule has 0 spiro atoms. The number of ether oxygens (including phenoxy) is 1. The van der Waals surface area contributed by atoms with Gasteiger partial charge in [0.2, 0.25) is 23.6 Å². The lowest BCUT2D eigenvalue weighted by atomic mass is 9.86. The maximum absolute atomic E-state index is 14.3. The first-order valence-electron chi connectivity index (χ1n) is 21.2. The first-order valence-corrected chi connectivity index (χ1v) is 22.6. The number of amides is 4. The van der Waals surface area contributed by atoms with Crippen molar-refractivity contribution in [3.05, 3.63) is 37.0 Å². The Balaban J connectivity index is 0. The summed E-state index contributed by atoms with van der Waals surface area (Å²) in [6.07, 6.45) is 10.1. The van der Waals surface area contributed by atoms with E-state index in [1.54, 1.807) is 43.0 Å². The van der Waals surface area contributed by atoms with E-state index >= 15 is 0 Å². The number of hydrogen-bond donors (Lipinski definition) is 3. The largest absolute Gasteiger partial charge is 0.483 e. The summed E-state index contributed by atoms with van der Waals surface area (Å²) >= 11 is 1.74. The van der Waals surface area contributed by atoms with Gasteiger partial charge in [-0.05, 0) is 68.7 Å². The number of carbonyl (C=O) groups is 5. The summed E-state index contributed by atoms with van der Waals surface area (Å²) < 4.78 is 6.06. The van der Waals surface area contributed by atoms with Crippen LogP contribution in [-0.2, 0) is 28.7 Å². The molecule has 13 heteroatoms. The van der Waals surface area contributed by atoms with Gasteiger partial charge in [0.15, 0.2) is 0 Å². The van der Waals surface area contributed by atoms with Crippen LogP contribution >= 0.6 is 11.8 Å². The van der Waals surface area contributed by atoms with Crippen molar-refractivity contribution < 1.29 is 33.8 Å². The Bertz CT molecular complexity index is 1280. The average molecular weight is 838 g/mol. The molecule has 9 atom stereocenters. The van der Waals surface area contributed by atoms with Crippen LogP contribution in [0.1, 0.15) is 108 Å². The Hall–Kier alpha value is -3.16. The van der Waals surface area contributed by atoms with Crippen molar-refractivity contribution in [2.75, 3.05) is 46.3 Å². The molecule has 0 aliphatic carbocycles. The topological polar surface area (TPSA) is 149 Å². The number of thioether (sulfide) groups is 1. The van der Waals surface area contributed by atoms with Crippen LogP contribution in [0.3, 0.4) is 0 Å². The van der Waals surface area contributed by atoms with Gasteiger partial charge in [0, 0.05) is 51.0 Å². The SMILES string of the molecule is C=C/C=C(\C=C)CC(C)NC(=O)[C@H](C)C(C)[C@@H]1CCCN1C(=O)C[C@@H](OC)[C@H]([C@@H](C)CC)N(C)C(=O)[C@@H](NC(=O)C(C(C)C)N(C)CCSC)C(C)C.CC.O=CO. The van der Waals surface area contributed by atoms with E-state index in [2.05, 4.69) is 49.5 Å². The second-order valence-electron chi connectivity index (χ2n) is 16.0. The van der Waals surface area contributed by atoms with E-state index in [4.69, 9.17) is 14.6 Å². The number of likely N-dealkylation sites (N-methyl/N-ethyl adjacent to an activating group) is 2. The summed E-state index contributed by atoms with van der Waals surface area (Å²) in [6.45, 7) is 30.8. The van der Waals surface area contributed by atoms with Crippen LogP contribution in [0, 0.1) is 29.6 Å². The lowest BCUT2D eigenvalue weighted by Gasteiger charge is -2.41. The van der Waals surface area contributed by atoms with E-state index in [0.29, 0.717) is 13.0 Å². The van der Waals surface area contributed by atoms with E-state index in [9.17, 15) is 19.2 Å². The van der Waals surface area contributed by atoms with Gasteiger partial charge in [-0.1, -0.05) is 107 Å². The molecular weight excluding hydrogens is 755 g/mol. The second-order valence-corrected chi connectivity index (χ2v) is 17.0. The molecule has 0 radical (unpaired) electrons. The van der Waals surface area contributed by atoms with Gasteiger partial charge in [0.05, 0.1) is 24.6 Å². The number of carbonyl (C=O) groups excluding carboxylic acids is 4. The Morgan fingerprint density at radius 3 is 2.02 bits per heavy atom. The van der Waals surface area contributed by atoms with Crippen LogP contribution < -0.4 is 10.6 Å². The predicted octanol–water partition coefficient (Wildman–Crippen LogP) is 6.91. The van der Waals surface area contributed by atoms with Crippen molar-refractivity contribution in [3.63, 3.8) is 0 Å². The highest BCUT2D eigenvalue weighted by Crippen LogP contribution is 2.31. The van der Waals surface area contributed by atoms with Crippen molar-refractivity contribution in [1.29, 1.82) is 0 Å². The van der Waals surface area contributed by atoms with Crippen molar-refractivity contribution >= 4 is 41.9 Å². The van der Waals surface area contributed by atoms with Crippen molar-refractivity contribution in [2.45, 2.75) is 145 Å². The third-order valence-electron chi connectivity index (χ3n) is 11.3. The van der Waals surface area contributed by atoms with Crippen LogP contribution in [-0.4, -0.2) is 133 Å². The maximum atomic E-state index is 14.3. The van der Waals surface area contributed by atoms with Gasteiger partial charge in [0.25, 0.3) is 6.47 Å². The number of allylic oxidation sites excluding steroid dienone is 3. The molecule has 1 saturated heterocycles. The summed E-state index contributed by atoms with van der Waals surface area (Å²) in [7, 11) is 5.34. The second kappa shape index (κ2) is 30.8. The first kappa shape index (κ1) is 56.9. The standard InChI is InChI=1S/C42H75N5O5S.C2H6.CH2O2/c1-16-20-33(18-3)25-30(9)43-40(49)32(11)31(10)34-21-19-22-47(34)36(48)26-35(52-14)39(29(8)17-2)46(13)42(51)37(27(4)5)44-41(50)38(28(6)7)45(12)23-24-53-15;1-2;2-1-3/h16,18,20,27-32,34-35,37-39H,1,3,17,19,21-26H2,2,4-15H3,(H,43,49)(H,44,50);1-2H3;1H,(H,2,3)/b33-20+;;/t29-,30?,31?,32+,34-,35+,37-,38?,39-;;/m0../s1. The summed E-state index contributed by atoms with van der Waals surface area (Å²) in [5.74, 6) is 0.0730. The van der Waals surface area contributed by atoms with Gasteiger partial charge in [-0.25, -0.2) is 0 Å². The molecule has 1 aliphatic heterocycles. The molecule has 1 aliphatic rings. The van der Waals surface area contributed by atoms with Gasteiger partial charge in [0.1, 0.15) is 6.04 Å². The Morgan fingerprint density at radius 1 is 0.966 bits per heavy atom. The normalized spacial score (nSPS) is 18.2. The number of nitrogens with zero attached hydrogens (tertiary/aromatic N) is 3.